The number of hydrogen-bond donors (Lipinski definition) is 2. The van der Waals surface area contributed by atoms with Crippen molar-refractivity contribution in [3.8, 4) is 0 Å². The molecule has 0 unspecified atom stereocenters. The molecule has 202 valence electrons. The third-order valence-corrected chi connectivity index (χ3v) is 7.05. The Labute approximate surface area is 212 Å². The maximum atomic E-state index is 13.5. The smallest absolute Gasteiger partial charge is 0.378 e. The van der Waals surface area contributed by atoms with E-state index in [0.29, 0.717) is 50.1 Å². The maximum Gasteiger partial charge on any atom is 0.416 e. The Hall–Kier alpha value is -2.42. The van der Waals surface area contributed by atoms with E-state index < -0.39 is 28.7 Å². The van der Waals surface area contributed by atoms with Crippen LogP contribution in [0.3, 0.4) is 0 Å². The first-order chi connectivity index (χ1) is 17.4. The zero-order valence-corrected chi connectivity index (χ0v) is 20.2. The summed E-state index contributed by atoms with van der Waals surface area (Å²) in [6.45, 7) is 1.80. The predicted molar refractivity (Wildman–Crippen MR) is 124 cm³/mol. The van der Waals surface area contributed by atoms with E-state index in [1.54, 1.807) is 4.90 Å². The fourth-order valence-corrected chi connectivity index (χ4v) is 4.95. The third kappa shape index (κ3) is 7.33. The topological polar surface area (TPSA) is 83.0 Å². The van der Waals surface area contributed by atoms with E-state index in [4.69, 9.17) is 4.74 Å². The van der Waals surface area contributed by atoms with E-state index in [9.17, 15) is 35.9 Å². The van der Waals surface area contributed by atoms with Gasteiger partial charge < -0.3 is 15.4 Å². The fourth-order valence-electron chi connectivity index (χ4n) is 4.17. The zero-order valence-electron chi connectivity index (χ0n) is 19.4. The quantitative estimate of drug-likeness (QED) is 0.517. The van der Waals surface area contributed by atoms with Gasteiger partial charge in [-0.25, -0.2) is 0 Å². The summed E-state index contributed by atoms with van der Waals surface area (Å²) in [6.07, 6.45) is -6.82. The van der Waals surface area contributed by atoms with Gasteiger partial charge in [0, 0.05) is 6.54 Å². The molecule has 0 atom stereocenters. The highest BCUT2D eigenvalue weighted by molar-refractivity contribution is 8.18. The van der Waals surface area contributed by atoms with Crippen molar-refractivity contribution in [2.75, 3.05) is 32.8 Å². The monoisotopic (exact) mass is 550 g/mol. The van der Waals surface area contributed by atoms with Crippen LogP contribution in [0.25, 0.3) is 0 Å². The Kier molecular flexibility index (Phi) is 8.31. The second-order valence-electron chi connectivity index (χ2n) is 9.00. The first-order valence-electron chi connectivity index (χ1n) is 11.5. The lowest BCUT2D eigenvalue weighted by Gasteiger charge is -2.31. The SMILES string of the molecule is O=C(CNC1COC1)NC1=NC(=O)S/C1=C\C1CCN(Cc2ccc(C(F)(F)F)cc2C(F)(F)F)CC1. The lowest BCUT2D eigenvalue weighted by Crippen LogP contribution is -2.50. The highest BCUT2D eigenvalue weighted by Gasteiger charge is 2.38. The van der Waals surface area contributed by atoms with Gasteiger partial charge in [-0.3, -0.25) is 14.5 Å². The number of thioether (sulfide) groups is 1. The zero-order chi connectivity index (χ0) is 26.8. The molecule has 0 saturated carbocycles. The van der Waals surface area contributed by atoms with Crippen molar-refractivity contribution in [3.05, 3.63) is 45.9 Å². The van der Waals surface area contributed by atoms with Gasteiger partial charge in [0.2, 0.25) is 5.91 Å². The first kappa shape index (κ1) is 27.6. The van der Waals surface area contributed by atoms with Gasteiger partial charge >= 0.3 is 17.6 Å². The summed E-state index contributed by atoms with van der Waals surface area (Å²) in [5, 5.41) is 5.19. The molecule has 2 amide bonds. The number of nitrogens with zero attached hydrogens (tertiary/aromatic N) is 2. The molecular formula is C23H24F6N4O3S. The number of alkyl halides is 6. The summed E-state index contributed by atoms with van der Waals surface area (Å²) in [5.74, 6) is -0.181. The van der Waals surface area contributed by atoms with Crippen LogP contribution in [0.1, 0.15) is 29.5 Å². The van der Waals surface area contributed by atoms with Crippen LogP contribution in [0.15, 0.2) is 34.2 Å². The number of halogens is 6. The Morgan fingerprint density at radius 1 is 1.14 bits per heavy atom. The van der Waals surface area contributed by atoms with Gasteiger partial charge in [0.05, 0.1) is 41.8 Å². The number of amides is 2. The second-order valence-corrected chi connectivity index (χ2v) is 10.00. The molecule has 0 radical (unpaired) electrons. The minimum absolute atomic E-state index is 0.00769. The van der Waals surface area contributed by atoms with Gasteiger partial charge in [0.25, 0.3) is 0 Å². The Morgan fingerprint density at radius 3 is 2.43 bits per heavy atom. The van der Waals surface area contributed by atoms with Gasteiger partial charge in [-0.05, 0) is 61.3 Å². The summed E-state index contributed by atoms with van der Waals surface area (Å²) in [5.41, 5.74) is -2.84. The van der Waals surface area contributed by atoms with Crippen molar-refractivity contribution in [1.82, 2.24) is 15.5 Å². The van der Waals surface area contributed by atoms with Crippen molar-refractivity contribution >= 4 is 28.7 Å². The van der Waals surface area contributed by atoms with Gasteiger partial charge in [-0.15, -0.1) is 0 Å². The summed E-state index contributed by atoms with van der Waals surface area (Å²) in [4.78, 5) is 30.2. The third-order valence-electron chi connectivity index (χ3n) is 6.24. The van der Waals surface area contributed by atoms with E-state index in [2.05, 4.69) is 15.6 Å². The Morgan fingerprint density at radius 2 is 1.84 bits per heavy atom. The van der Waals surface area contributed by atoms with Crippen LogP contribution in [0.5, 0.6) is 0 Å². The molecule has 7 nitrogen and oxygen atoms in total. The summed E-state index contributed by atoms with van der Waals surface area (Å²) < 4.78 is 84.1. The highest BCUT2D eigenvalue weighted by atomic mass is 32.2. The first-order valence-corrected chi connectivity index (χ1v) is 12.3. The van der Waals surface area contributed by atoms with Gasteiger partial charge in [-0.1, -0.05) is 12.1 Å². The molecule has 3 heterocycles. The van der Waals surface area contributed by atoms with Crippen molar-refractivity contribution in [2.24, 2.45) is 10.9 Å². The molecule has 37 heavy (non-hydrogen) atoms. The van der Waals surface area contributed by atoms with Crippen LogP contribution in [-0.2, 0) is 28.4 Å². The number of hydrogen-bond acceptors (Lipinski definition) is 6. The van der Waals surface area contributed by atoms with E-state index in [-0.39, 0.29) is 48.4 Å². The average molecular weight is 551 g/mol. The number of rotatable bonds is 6. The number of benzene rings is 1. The van der Waals surface area contributed by atoms with E-state index in [1.807, 2.05) is 6.08 Å². The van der Waals surface area contributed by atoms with Crippen LogP contribution in [0, 0.1) is 5.92 Å². The lowest BCUT2D eigenvalue weighted by atomic mass is 9.95. The molecular weight excluding hydrogens is 526 g/mol. The number of nitrogens with one attached hydrogen (secondary N) is 2. The molecule has 14 heteroatoms. The van der Waals surface area contributed by atoms with Crippen LogP contribution in [-0.4, -0.2) is 60.8 Å². The normalized spacial score (nSPS) is 21.3. The van der Waals surface area contributed by atoms with E-state index >= 15 is 0 Å². The standard InChI is InChI=1S/C23H24F6N4O3S/c24-22(25,26)15-2-1-14(17(8-15)23(27,28)29)10-33-5-3-13(4-6-33)7-18-20(32-21(35)37-18)31-19(34)9-30-16-11-36-12-16/h1-2,7-8,13,16,30H,3-6,9-12H2,(H,31,32,34,35)/b18-7-. The van der Waals surface area contributed by atoms with E-state index in [1.165, 1.54) is 0 Å². The Balaban J connectivity index is 1.34. The number of amidine groups is 1. The molecule has 3 aliphatic heterocycles. The van der Waals surface area contributed by atoms with Gasteiger partial charge in [0.15, 0.2) is 5.84 Å². The number of carbonyl (C=O) groups is 2. The summed E-state index contributed by atoms with van der Waals surface area (Å²) in [6, 6.07) is 1.83. The highest BCUT2D eigenvalue weighted by Crippen LogP contribution is 2.38. The molecule has 1 aromatic carbocycles. The molecule has 0 aromatic heterocycles. The predicted octanol–water partition coefficient (Wildman–Crippen LogP) is 4.19. The van der Waals surface area contributed by atoms with Crippen molar-refractivity contribution in [1.29, 1.82) is 0 Å². The van der Waals surface area contributed by atoms with E-state index in [0.717, 1.165) is 17.8 Å². The number of likely N-dealkylation sites (tertiary alicyclic amines) is 1. The molecule has 2 N–H and O–H groups in total. The van der Waals surface area contributed by atoms with Gasteiger partial charge in [0.1, 0.15) is 0 Å². The van der Waals surface area contributed by atoms with Crippen LogP contribution in [0.2, 0.25) is 0 Å². The lowest BCUT2D eigenvalue weighted by molar-refractivity contribution is -0.143. The molecule has 0 spiro atoms. The van der Waals surface area contributed by atoms with Crippen LogP contribution < -0.4 is 10.6 Å². The largest absolute Gasteiger partial charge is 0.416 e. The number of ether oxygens (including phenoxy) is 1. The van der Waals surface area contributed by atoms with Crippen molar-refractivity contribution in [2.45, 2.75) is 37.8 Å². The van der Waals surface area contributed by atoms with Gasteiger partial charge in [-0.2, -0.15) is 31.3 Å². The minimum atomic E-state index is -4.91. The average Bonchev–Trinajstić information content (AvgIpc) is 3.11. The number of allylic oxidation sites excluding steroid dienone is 1. The number of piperidine rings is 1. The molecule has 1 aromatic rings. The van der Waals surface area contributed by atoms with Crippen LogP contribution >= 0.6 is 11.8 Å². The molecule has 2 fully saturated rings. The molecule has 2 saturated heterocycles. The van der Waals surface area contributed by atoms with Crippen LogP contribution in [0.4, 0.5) is 31.1 Å². The second kappa shape index (κ2) is 11.1. The molecule has 4 rings (SSSR count). The molecule has 0 bridgehead atoms. The Bertz CT molecular complexity index is 1090. The number of aliphatic imine (C=N–C) groups is 1. The van der Waals surface area contributed by atoms with Crippen molar-refractivity contribution in [3.63, 3.8) is 0 Å². The summed E-state index contributed by atoms with van der Waals surface area (Å²) >= 11 is 0.894. The summed E-state index contributed by atoms with van der Waals surface area (Å²) in [7, 11) is 0. The minimum Gasteiger partial charge on any atom is -0.378 e. The maximum absolute atomic E-state index is 13.5. The molecule has 0 aliphatic carbocycles. The van der Waals surface area contributed by atoms with Crippen molar-refractivity contribution < 1.29 is 40.7 Å². The molecule has 3 aliphatic rings. The number of carbonyl (C=O) groups excluding carboxylic acids is 2. The fraction of sp³-hybridized carbons (Fsp3) is 0.522.